The van der Waals surface area contributed by atoms with Crippen LogP contribution in [0.5, 0.6) is 0 Å². The molecule has 0 bridgehead atoms. The van der Waals surface area contributed by atoms with Gasteiger partial charge in [0.2, 0.25) is 0 Å². The molecule has 7 heavy (non-hydrogen) atoms. The van der Waals surface area contributed by atoms with Crippen LogP contribution >= 0.6 is 0 Å². The zero-order chi connectivity index (χ0) is 5.11. The number of hydrogen-bond acceptors (Lipinski definition) is 1. The maximum absolute atomic E-state index is 5.10. The molecule has 42 valence electrons. The molecule has 1 aliphatic rings. The van der Waals surface area contributed by atoms with E-state index >= 15 is 0 Å². The maximum atomic E-state index is 5.10. The van der Waals surface area contributed by atoms with Gasteiger partial charge in [0.25, 0.3) is 0 Å². The summed E-state index contributed by atoms with van der Waals surface area (Å²) >= 11 is 0. The topological polar surface area (TPSA) is 36.9 Å². The molecule has 2 heteroatoms. The predicted molar refractivity (Wildman–Crippen MR) is 26.7 cm³/mol. The average molecular weight is 102 g/mol. The molecule has 0 atom stereocenters. The summed E-state index contributed by atoms with van der Waals surface area (Å²) in [4.78, 5) is 0. The van der Waals surface area contributed by atoms with Crippen molar-refractivity contribution in [3.8, 4) is 0 Å². The van der Waals surface area contributed by atoms with Crippen LogP contribution in [0.1, 0.15) is 12.8 Å². The summed E-state index contributed by atoms with van der Waals surface area (Å²) in [6.07, 6.45) is 2.31. The molecule has 1 heterocycles. The van der Waals surface area contributed by atoms with Gasteiger partial charge in [0, 0.05) is 12.8 Å². The Bertz CT molecular complexity index is 50.0. The van der Waals surface area contributed by atoms with Crippen molar-refractivity contribution >= 4 is 0 Å². The van der Waals surface area contributed by atoms with Crippen molar-refractivity contribution in [3.63, 3.8) is 0 Å². The van der Waals surface area contributed by atoms with Crippen molar-refractivity contribution in [1.29, 1.82) is 0 Å². The first-order chi connectivity index (χ1) is 3.39. The van der Waals surface area contributed by atoms with E-state index < -0.39 is 0 Å². The third-order valence-corrected chi connectivity index (χ3v) is 1.34. The number of hydrogen-bond donors (Lipinski definition) is 1. The van der Waals surface area contributed by atoms with E-state index in [1.54, 1.807) is 0 Å². The van der Waals surface area contributed by atoms with Crippen LogP contribution in [0.25, 0.3) is 0 Å². The van der Waals surface area contributed by atoms with Gasteiger partial charge >= 0.3 is 0 Å². The molecule has 1 rings (SSSR count). The highest BCUT2D eigenvalue weighted by molar-refractivity contribution is 4.56. The standard InChI is InChI=1S/C5H11NO/c6-5-1-3-7-4-2-5/h5H,1-4,6H2/p+1. The van der Waals surface area contributed by atoms with E-state index in [1.165, 1.54) is 0 Å². The molecule has 0 aromatic carbocycles. The van der Waals surface area contributed by atoms with Crippen LogP contribution in [0.2, 0.25) is 0 Å². The lowest BCUT2D eigenvalue weighted by Crippen LogP contribution is -2.62. The van der Waals surface area contributed by atoms with Crippen molar-refractivity contribution in [2.45, 2.75) is 18.9 Å². The molecule has 0 amide bonds. The van der Waals surface area contributed by atoms with Gasteiger partial charge in [0.15, 0.2) is 0 Å². The van der Waals surface area contributed by atoms with Gasteiger partial charge < -0.3 is 10.5 Å². The van der Waals surface area contributed by atoms with E-state index in [2.05, 4.69) is 5.73 Å². The zero-order valence-corrected chi connectivity index (χ0v) is 4.52. The van der Waals surface area contributed by atoms with Crippen molar-refractivity contribution in [2.24, 2.45) is 0 Å². The lowest BCUT2D eigenvalue weighted by atomic mass is 10.1. The summed E-state index contributed by atoms with van der Waals surface area (Å²) in [5.74, 6) is 0. The summed E-state index contributed by atoms with van der Waals surface area (Å²) < 4.78 is 5.10. The van der Waals surface area contributed by atoms with Crippen LogP contribution in [-0.4, -0.2) is 19.3 Å². The van der Waals surface area contributed by atoms with Crippen molar-refractivity contribution in [2.75, 3.05) is 13.2 Å². The molecule has 0 unspecified atom stereocenters. The summed E-state index contributed by atoms with van der Waals surface area (Å²) in [6.45, 7) is 1.85. The summed E-state index contributed by atoms with van der Waals surface area (Å²) in [5, 5.41) is 0. The number of quaternary nitrogens is 1. The summed E-state index contributed by atoms with van der Waals surface area (Å²) in [6, 6.07) is 0.661. The van der Waals surface area contributed by atoms with Crippen LogP contribution < -0.4 is 5.73 Å². The highest BCUT2D eigenvalue weighted by Gasteiger charge is 2.09. The van der Waals surface area contributed by atoms with Gasteiger partial charge in [-0.1, -0.05) is 0 Å². The molecule has 1 fully saturated rings. The highest BCUT2D eigenvalue weighted by Crippen LogP contribution is 1.99. The average Bonchev–Trinajstić information content (AvgIpc) is 1.69. The molecular formula is C5H12NO+. The van der Waals surface area contributed by atoms with E-state index in [-0.39, 0.29) is 0 Å². The normalized spacial score (nSPS) is 25.3. The minimum absolute atomic E-state index is 0.661. The van der Waals surface area contributed by atoms with Gasteiger partial charge in [-0.05, 0) is 0 Å². The van der Waals surface area contributed by atoms with Gasteiger partial charge in [0.05, 0.1) is 19.3 Å². The van der Waals surface area contributed by atoms with E-state index in [1.807, 2.05) is 0 Å². The molecule has 0 spiro atoms. The Morgan fingerprint density at radius 1 is 1.29 bits per heavy atom. The fourth-order valence-electron chi connectivity index (χ4n) is 0.746. The Balaban J connectivity index is 2.12. The lowest BCUT2D eigenvalue weighted by molar-refractivity contribution is -0.429. The van der Waals surface area contributed by atoms with Gasteiger partial charge in [-0.2, -0.15) is 0 Å². The Morgan fingerprint density at radius 2 is 1.86 bits per heavy atom. The smallest absolute Gasteiger partial charge is 0.0888 e. The van der Waals surface area contributed by atoms with Gasteiger partial charge in [-0.25, -0.2) is 0 Å². The summed E-state index contributed by atoms with van der Waals surface area (Å²) in [7, 11) is 0. The van der Waals surface area contributed by atoms with Crippen LogP contribution in [-0.2, 0) is 4.74 Å². The Hall–Kier alpha value is -0.0800. The zero-order valence-electron chi connectivity index (χ0n) is 4.52. The molecule has 3 N–H and O–H groups in total. The first kappa shape index (κ1) is 5.06. The van der Waals surface area contributed by atoms with Crippen LogP contribution in [0.3, 0.4) is 0 Å². The second-order valence-corrected chi connectivity index (χ2v) is 2.06. The largest absolute Gasteiger partial charge is 0.381 e. The number of ether oxygens (including phenoxy) is 1. The molecular weight excluding hydrogens is 90.1 g/mol. The van der Waals surface area contributed by atoms with Gasteiger partial charge in [-0.15, -0.1) is 0 Å². The molecule has 0 radical (unpaired) electrons. The molecule has 0 aromatic heterocycles. The molecule has 0 saturated carbocycles. The molecule has 0 aromatic rings. The minimum Gasteiger partial charge on any atom is -0.381 e. The third-order valence-electron chi connectivity index (χ3n) is 1.34. The first-order valence-corrected chi connectivity index (χ1v) is 2.80. The third kappa shape index (κ3) is 1.45. The lowest BCUT2D eigenvalue weighted by Gasteiger charge is -2.13. The van der Waals surface area contributed by atoms with Crippen LogP contribution in [0, 0.1) is 0 Å². The van der Waals surface area contributed by atoms with Gasteiger partial charge in [-0.3, -0.25) is 0 Å². The van der Waals surface area contributed by atoms with Crippen molar-refractivity contribution in [3.05, 3.63) is 0 Å². The number of rotatable bonds is 0. The minimum atomic E-state index is 0.661. The van der Waals surface area contributed by atoms with E-state index in [4.69, 9.17) is 4.74 Å². The van der Waals surface area contributed by atoms with Gasteiger partial charge in [0.1, 0.15) is 0 Å². The molecule has 1 saturated heterocycles. The monoisotopic (exact) mass is 102 g/mol. The van der Waals surface area contributed by atoms with Crippen molar-refractivity contribution in [1.82, 2.24) is 0 Å². The van der Waals surface area contributed by atoms with E-state index in [0.29, 0.717) is 6.04 Å². The molecule has 0 aliphatic carbocycles. The quantitative estimate of drug-likeness (QED) is 0.436. The second kappa shape index (κ2) is 2.28. The molecule has 1 aliphatic heterocycles. The van der Waals surface area contributed by atoms with Crippen molar-refractivity contribution < 1.29 is 10.5 Å². The fraction of sp³-hybridized carbons (Fsp3) is 1.00. The Morgan fingerprint density at radius 3 is 2.14 bits per heavy atom. The highest BCUT2D eigenvalue weighted by atomic mass is 16.5. The maximum Gasteiger partial charge on any atom is 0.0888 e. The fourth-order valence-corrected chi connectivity index (χ4v) is 0.746. The Kier molecular flexibility index (Phi) is 1.65. The first-order valence-electron chi connectivity index (χ1n) is 2.80. The Labute approximate surface area is 43.6 Å². The SMILES string of the molecule is [NH3+]C1CCOCC1. The van der Waals surface area contributed by atoms with Crippen LogP contribution in [0.4, 0.5) is 0 Å². The second-order valence-electron chi connectivity index (χ2n) is 2.06. The molecule has 2 nitrogen and oxygen atoms in total. The van der Waals surface area contributed by atoms with E-state index in [9.17, 15) is 0 Å². The predicted octanol–water partition coefficient (Wildman–Crippen LogP) is -0.593. The van der Waals surface area contributed by atoms with E-state index in [0.717, 1.165) is 26.1 Å². The van der Waals surface area contributed by atoms with Crippen LogP contribution in [0.15, 0.2) is 0 Å². The summed E-state index contributed by atoms with van der Waals surface area (Å²) in [5.41, 5.74) is 3.92.